The number of oxime groups is 1. The fraction of sp³-hybridized carbons (Fsp3) is 0.214. The number of anilines is 2. The number of allylic oxidation sites excluding steroid dienone is 3. The van der Waals surface area contributed by atoms with E-state index < -0.39 is 68.5 Å². The monoisotopic (exact) mass is 1880 g/mol. The maximum Gasteiger partial charge on any atom is 0.368 e. The number of aryl methyl sites for hydroxylation is 7. The number of nitrogens with one attached hydrogen (secondary N) is 2. The van der Waals surface area contributed by atoms with Crippen LogP contribution in [0.2, 0.25) is 0 Å². The summed E-state index contributed by atoms with van der Waals surface area (Å²) in [6, 6.07) is 59.4. The van der Waals surface area contributed by atoms with E-state index in [9.17, 15) is 61.5 Å². The molecular formula is C103H105N11O20S2. The zero-order chi connectivity index (χ0) is 98.3. The van der Waals surface area contributed by atoms with E-state index in [0.29, 0.717) is 74.7 Å². The number of aromatic hydroxyl groups is 3. The van der Waals surface area contributed by atoms with Crippen molar-refractivity contribution < 1.29 is 90.2 Å². The first-order valence-corrected chi connectivity index (χ1v) is 45.8. The highest BCUT2D eigenvalue weighted by Crippen LogP contribution is 2.37. The van der Waals surface area contributed by atoms with Gasteiger partial charge in [0, 0.05) is 72.6 Å². The van der Waals surface area contributed by atoms with Gasteiger partial charge in [-0.05, 0) is 269 Å². The van der Waals surface area contributed by atoms with Crippen molar-refractivity contribution in [3.05, 3.63) is 347 Å². The SMILES string of the molecule is CC1=NN(c2ccc(C(=O)O)cc2)C(=O)C1=Cc1c(C)[nH]n(-c2ccc(C(=O)O)cc2)c1=O.CCN(/C=C/C=C(\C)S(=O)Oc1ccccc1)CC.COC(=O)C(C)n1cc(C=C2C(=O)ON=C2c2ccc(NS(=O)(=O)c3cccc(C(=O)OCCC(C)OC)c3)cc2)c2ccccc21.Cc1cc(C)c(O)c(-n2n3c4ccccc4n23)c1.Cc1cc(C)c(O)c(Cc2cc(C)cc(C)c2O)c1. The second-order valence-electron chi connectivity index (χ2n) is 32.3. The smallest absolute Gasteiger partial charge is 0.368 e. The zero-order valence-corrected chi connectivity index (χ0v) is 79.2. The van der Waals surface area contributed by atoms with Crippen molar-refractivity contribution >= 4 is 114 Å². The van der Waals surface area contributed by atoms with Gasteiger partial charge in [-0.1, -0.05) is 113 Å². The number of ether oxygens (including phenoxy) is 3. The first-order chi connectivity index (χ1) is 64.9. The molecule has 33 heteroatoms. The molecule has 4 aromatic heterocycles. The summed E-state index contributed by atoms with van der Waals surface area (Å²) < 4.78 is 68.5. The zero-order valence-electron chi connectivity index (χ0n) is 77.6. The molecule has 0 saturated carbocycles. The van der Waals surface area contributed by atoms with Crippen molar-refractivity contribution in [2.45, 2.75) is 120 Å². The van der Waals surface area contributed by atoms with E-state index >= 15 is 0 Å². The Labute approximate surface area is 787 Å². The lowest BCUT2D eigenvalue weighted by molar-refractivity contribution is -0.144. The summed E-state index contributed by atoms with van der Waals surface area (Å²) >= 11 is -1.44. The number of amides is 1. The molecule has 31 nitrogen and oxygen atoms in total. The highest BCUT2D eigenvalue weighted by atomic mass is 32.2. The number of aromatic nitrogens is 6. The van der Waals surface area contributed by atoms with Crippen molar-refractivity contribution in [3.8, 4) is 34.4 Å². The van der Waals surface area contributed by atoms with E-state index in [4.69, 9.17) is 33.4 Å². The lowest BCUT2D eigenvalue weighted by Gasteiger charge is -2.13. The topological polar surface area (TPSA) is 401 Å². The number of esters is 2. The fourth-order valence-corrected chi connectivity index (χ4v) is 16.6. The Balaban J connectivity index is 0.000000162. The number of rotatable bonds is 27. The van der Waals surface area contributed by atoms with Gasteiger partial charge < -0.3 is 58.2 Å². The predicted molar refractivity (Wildman–Crippen MR) is 523 cm³/mol. The first kappa shape index (κ1) is 99.1. The van der Waals surface area contributed by atoms with Gasteiger partial charge in [-0.3, -0.25) is 19.4 Å². The molecule has 0 spiro atoms. The van der Waals surface area contributed by atoms with Crippen molar-refractivity contribution in [2.75, 3.05) is 43.6 Å². The number of para-hydroxylation sites is 4. The van der Waals surface area contributed by atoms with Crippen LogP contribution in [0.15, 0.2) is 273 Å². The van der Waals surface area contributed by atoms with Gasteiger partial charge in [0.05, 0.1) is 80.1 Å². The average Bonchev–Trinajstić information content (AvgIpc) is 1.51. The molecule has 14 aromatic rings. The van der Waals surface area contributed by atoms with E-state index in [1.165, 1.54) is 114 Å². The highest BCUT2D eigenvalue weighted by Gasteiger charge is 2.33. The standard InChI is InChI=1S/C34H33N3O9S.C23H18N4O6.C17H20O2.C15H21NO2S.C14H13N3O/c1-21(43-3)16-17-45-33(39)24-8-7-9-27(18-24)47(41,42)36-26-14-12-23(13-15-26)31-29(34(40)46-35-31)19-25-20-37(22(2)32(38)44-4)30-11-6-5-10-28(25)30;1-12-18(20(28)26(24-12)16-7-3-14(4-8-16)22(30)31)11-19-13(2)25-27(21(19)29)17-9-5-15(6-10-17)23(32)33;1-10-5-12(3)16(18)14(7-10)9-15-8-11(2)6-13(4)17(15)19;1-4-16(5-2)13-9-10-14(3)19(17)18-15-11-7-6-8-12-15;1-9-7-10(2)14(18)13(8-9)17-15-11-5-3-4-6-12(11)16(15)17/h5-15,18-22,36H,16-17H2,1-4H3;3-11,24H,1-2H3,(H,30,31)(H,32,33);5-8,18-19H,9H2,1-4H3;6-13H,4-5H2,1-3H3;3-8,18H,1-2H3/b;;;13-9+,14-10+;. The molecule has 704 valence electrons. The number of aromatic amines is 1. The third-order valence-electron chi connectivity index (χ3n) is 22.4. The third-order valence-corrected chi connectivity index (χ3v) is 24.8. The van der Waals surface area contributed by atoms with Gasteiger partial charge in [0.15, 0.2) is 0 Å². The number of hydrogen-bond donors (Lipinski definition) is 7. The number of aromatic carboxylic acids is 2. The minimum Gasteiger partial charge on any atom is -0.507 e. The molecule has 3 unspecified atom stereocenters. The van der Waals surface area contributed by atoms with Crippen LogP contribution >= 0.6 is 0 Å². The Morgan fingerprint density at radius 3 is 1.76 bits per heavy atom. The number of carboxylic acid groups (broad SMARTS) is 2. The van der Waals surface area contributed by atoms with Crippen LogP contribution in [0, 0.1) is 48.5 Å². The maximum atomic E-state index is 13.2. The van der Waals surface area contributed by atoms with Gasteiger partial charge in [-0.15, -0.1) is 14.1 Å². The molecular weight excluding hydrogens is 1780 g/mol. The molecule has 2 aliphatic rings. The number of methoxy groups -OCH3 is 2. The fourth-order valence-electron chi connectivity index (χ4n) is 14.9. The molecule has 2 aliphatic heterocycles. The second-order valence-corrected chi connectivity index (χ2v) is 35.2. The van der Waals surface area contributed by atoms with Gasteiger partial charge >= 0.3 is 29.8 Å². The summed E-state index contributed by atoms with van der Waals surface area (Å²) in [6.45, 7) is 26.7. The number of sulfonamides is 1. The predicted octanol–water partition coefficient (Wildman–Crippen LogP) is 17.9. The molecule has 6 heterocycles. The molecule has 0 radical (unpaired) electrons. The molecule has 1 amide bonds. The number of phenolic OH excluding ortho intramolecular Hbond substituents is 3. The number of benzene rings is 10. The Hall–Kier alpha value is -15.9. The number of carbonyl (C=O) groups is 6. The lowest BCUT2D eigenvalue weighted by atomic mass is 9.96. The van der Waals surface area contributed by atoms with Gasteiger partial charge in [0.1, 0.15) is 51.5 Å². The van der Waals surface area contributed by atoms with E-state index in [1.54, 1.807) is 75.9 Å². The van der Waals surface area contributed by atoms with Crippen LogP contribution in [0.4, 0.5) is 11.4 Å². The number of hydrogen-bond acceptors (Lipinski definition) is 21. The molecule has 0 fully saturated rings. The van der Waals surface area contributed by atoms with Crippen LogP contribution in [-0.2, 0) is 61.0 Å². The second kappa shape index (κ2) is 43.7. The summed E-state index contributed by atoms with van der Waals surface area (Å²) in [5.41, 5.74) is 15.7. The molecule has 0 bridgehead atoms. The summed E-state index contributed by atoms with van der Waals surface area (Å²) in [5, 5.41) is 61.6. The average molecular weight is 1880 g/mol. The summed E-state index contributed by atoms with van der Waals surface area (Å²) in [6.07, 6.45) is 11.5. The molecule has 16 rings (SSSR count). The van der Waals surface area contributed by atoms with Crippen LogP contribution in [0.1, 0.15) is 152 Å². The number of fused-ring (bicyclic) bond motifs is 5. The van der Waals surface area contributed by atoms with E-state index in [-0.39, 0.29) is 62.4 Å². The Morgan fingerprint density at radius 1 is 0.632 bits per heavy atom. The molecule has 0 aliphatic carbocycles. The summed E-state index contributed by atoms with van der Waals surface area (Å²) in [5.74, 6) is -2.71. The Kier molecular flexibility index (Phi) is 31.8. The Morgan fingerprint density at radius 2 is 1.19 bits per heavy atom. The quantitative estimate of drug-likeness (QED) is 0.0109. The minimum absolute atomic E-state index is 0.0850. The normalized spacial score (nSPS) is 13.8. The summed E-state index contributed by atoms with van der Waals surface area (Å²) in [4.78, 5) is 95.3. The summed E-state index contributed by atoms with van der Waals surface area (Å²) in [7, 11) is -1.18. The van der Waals surface area contributed by atoms with Gasteiger partial charge in [-0.2, -0.15) is 10.1 Å². The lowest BCUT2D eigenvalue weighted by Crippen LogP contribution is -2.22. The van der Waals surface area contributed by atoms with Crippen molar-refractivity contribution in [2.24, 2.45) is 10.3 Å². The Bertz CT molecular complexity index is 7130. The van der Waals surface area contributed by atoms with Gasteiger partial charge in [0.25, 0.3) is 21.5 Å². The first-order valence-electron chi connectivity index (χ1n) is 43.3. The molecule has 10 aromatic carbocycles. The molecule has 136 heavy (non-hydrogen) atoms. The number of H-pyrrole nitrogens is 1. The number of phenols is 3. The van der Waals surface area contributed by atoms with E-state index in [2.05, 4.69) is 51.0 Å². The maximum absolute atomic E-state index is 13.2. The van der Waals surface area contributed by atoms with Crippen LogP contribution in [0.5, 0.6) is 23.0 Å². The number of carboxylic acids is 2. The minimum atomic E-state index is -4.07. The van der Waals surface area contributed by atoms with Gasteiger partial charge in [-0.25, -0.2) is 41.3 Å². The van der Waals surface area contributed by atoms with Crippen LogP contribution < -0.4 is 19.5 Å². The molecule has 0 saturated heterocycles. The third kappa shape index (κ3) is 23.2. The van der Waals surface area contributed by atoms with Crippen molar-refractivity contribution in [1.82, 2.24) is 33.3 Å². The van der Waals surface area contributed by atoms with Crippen LogP contribution in [0.25, 0.3) is 45.5 Å². The van der Waals surface area contributed by atoms with Crippen molar-refractivity contribution in [1.29, 1.82) is 0 Å². The largest absolute Gasteiger partial charge is 0.507 e. The van der Waals surface area contributed by atoms with Crippen molar-refractivity contribution in [3.63, 3.8) is 0 Å². The van der Waals surface area contributed by atoms with E-state index in [1.807, 2.05) is 172 Å². The number of hydrazone groups is 1. The number of carbonyl (C=O) groups excluding carboxylic acids is 4. The van der Waals surface area contributed by atoms with Gasteiger partial charge in [0.2, 0.25) is 11.1 Å². The van der Waals surface area contributed by atoms with Crippen LogP contribution in [-0.4, -0.2) is 159 Å². The van der Waals surface area contributed by atoms with Crippen LogP contribution in [0.3, 0.4) is 0 Å². The van der Waals surface area contributed by atoms with E-state index in [0.717, 1.165) is 79.2 Å². The number of nitrogens with zero attached hydrogens (tertiary/aromatic N) is 9. The highest BCUT2D eigenvalue weighted by molar-refractivity contribution is 7.92. The molecule has 3 atom stereocenters. The molecule has 7 N–H and O–H groups in total.